The van der Waals surface area contributed by atoms with Crippen LogP contribution in [0.3, 0.4) is 0 Å². The SMILES string of the molecule is Ic1cccc2c1C1C=CC2C1. The molecule has 0 heterocycles. The van der Waals surface area contributed by atoms with Gasteiger partial charge in [0.25, 0.3) is 0 Å². The summed E-state index contributed by atoms with van der Waals surface area (Å²) in [4.78, 5) is 0. The fourth-order valence-corrected chi connectivity index (χ4v) is 3.33. The van der Waals surface area contributed by atoms with E-state index in [0.717, 1.165) is 11.8 Å². The molecular weight excluding hydrogens is 259 g/mol. The number of hydrogen-bond donors (Lipinski definition) is 0. The van der Waals surface area contributed by atoms with Crippen molar-refractivity contribution in [3.05, 3.63) is 45.0 Å². The van der Waals surface area contributed by atoms with Crippen LogP contribution in [0.1, 0.15) is 29.4 Å². The molecule has 0 aromatic heterocycles. The molecule has 3 rings (SSSR count). The number of halogens is 1. The molecule has 0 aliphatic heterocycles. The largest absolute Gasteiger partial charge is 0.0803 e. The Bertz CT molecular complexity index is 365. The van der Waals surface area contributed by atoms with Gasteiger partial charge in [0.15, 0.2) is 0 Å². The van der Waals surface area contributed by atoms with E-state index in [-0.39, 0.29) is 0 Å². The Morgan fingerprint density at radius 1 is 1.17 bits per heavy atom. The zero-order valence-electron chi connectivity index (χ0n) is 6.63. The second-order valence-electron chi connectivity index (χ2n) is 3.58. The predicted octanol–water partition coefficient (Wildman–Crippen LogP) is 3.43. The topological polar surface area (TPSA) is 0 Å². The number of rotatable bonds is 0. The van der Waals surface area contributed by atoms with Crippen molar-refractivity contribution >= 4 is 22.6 Å². The van der Waals surface area contributed by atoms with Crippen molar-refractivity contribution in [3.63, 3.8) is 0 Å². The third-order valence-corrected chi connectivity index (χ3v) is 3.88. The number of allylic oxidation sites excluding steroid dienone is 2. The van der Waals surface area contributed by atoms with Crippen molar-refractivity contribution in [1.82, 2.24) is 0 Å². The molecule has 0 fully saturated rings. The Kier molecular flexibility index (Phi) is 1.39. The molecule has 0 saturated carbocycles. The van der Waals surface area contributed by atoms with Gasteiger partial charge in [0, 0.05) is 15.4 Å². The van der Waals surface area contributed by atoms with Crippen LogP contribution in [0.4, 0.5) is 0 Å². The van der Waals surface area contributed by atoms with E-state index >= 15 is 0 Å². The van der Waals surface area contributed by atoms with Gasteiger partial charge in [-0.3, -0.25) is 0 Å². The first-order valence-electron chi connectivity index (χ1n) is 4.33. The molecular formula is C11H9I. The highest BCUT2D eigenvalue weighted by Gasteiger charge is 2.33. The van der Waals surface area contributed by atoms with Crippen molar-refractivity contribution < 1.29 is 0 Å². The number of benzene rings is 1. The Labute approximate surface area is 85.8 Å². The molecule has 1 heteroatoms. The first-order valence-corrected chi connectivity index (χ1v) is 5.41. The van der Waals surface area contributed by atoms with E-state index < -0.39 is 0 Å². The normalized spacial score (nSPS) is 29.4. The first-order chi connectivity index (χ1) is 5.86. The minimum absolute atomic E-state index is 0.734. The Morgan fingerprint density at radius 2 is 2.00 bits per heavy atom. The average Bonchev–Trinajstić information content (AvgIpc) is 2.64. The van der Waals surface area contributed by atoms with Crippen LogP contribution in [0.15, 0.2) is 30.4 Å². The van der Waals surface area contributed by atoms with E-state index in [1.165, 1.54) is 9.99 Å². The van der Waals surface area contributed by atoms with E-state index in [0.29, 0.717) is 0 Å². The molecule has 60 valence electrons. The van der Waals surface area contributed by atoms with Crippen LogP contribution in [0.5, 0.6) is 0 Å². The maximum absolute atomic E-state index is 2.45. The highest BCUT2D eigenvalue weighted by Crippen LogP contribution is 2.49. The third kappa shape index (κ3) is 0.777. The Balaban J connectivity index is 2.30. The zero-order chi connectivity index (χ0) is 8.13. The van der Waals surface area contributed by atoms with Gasteiger partial charge in [-0.2, -0.15) is 0 Å². The summed E-state index contributed by atoms with van der Waals surface area (Å²) >= 11 is 2.45. The zero-order valence-corrected chi connectivity index (χ0v) is 8.78. The molecule has 2 aliphatic rings. The average molecular weight is 268 g/mol. The monoisotopic (exact) mass is 268 g/mol. The summed E-state index contributed by atoms with van der Waals surface area (Å²) in [6, 6.07) is 6.68. The fraction of sp³-hybridized carbons (Fsp3) is 0.273. The van der Waals surface area contributed by atoms with Crippen molar-refractivity contribution in [3.8, 4) is 0 Å². The molecule has 2 bridgehead atoms. The van der Waals surface area contributed by atoms with Crippen molar-refractivity contribution in [1.29, 1.82) is 0 Å². The van der Waals surface area contributed by atoms with Gasteiger partial charge in [0.2, 0.25) is 0 Å². The summed E-state index contributed by atoms with van der Waals surface area (Å²) in [7, 11) is 0. The standard InChI is InChI=1S/C11H9I/c12-10-3-1-2-9-7-4-5-8(6-7)11(9)10/h1-5,7-8H,6H2. The van der Waals surface area contributed by atoms with Crippen molar-refractivity contribution in [2.45, 2.75) is 18.3 Å². The van der Waals surface area contributed by atoms with Gasteiger partial charge >= 0.3 is 0 Å². The summed E-state index contributed by atoms with van der Waals surface area (Å²) in [5.74, 6) is 1.47. The van der Waals surface area contributed by atoms with Gasteiger partial charge in [0.05, 0.1) is 0 Å². The molecule has 1 aromatic carbocycles. The highest BCUT2D eigenvalue weighted by atomic mass is 127. The van der Waals surface area contributed by atoms with Gasteiger partial charge in [-0.1, -0.05) is 24.3 Å². The van der Waals surface area contributed by atoms with Gasteiger partial charge < -0.3 is 0 Å². The predicted molar refractivity (Wildman–Crippen MR) is 58.4 cm³/mol. The summed E-state index contributed by atoms with van der Waals surface area (Å²) in [5.41, 5.74) is 3.18. The van der Waals surface area contributed by atoms with E-state index in [1.807, 2.05) is 0 Å². The minimum atomic E-state index is 0.734. The minimum Gasteiger partial charge on any atom is -0.0803 e. The molecule has 1 aromatic rings. The second kappa shape index (κ2) is 2.34. The van der Waals surface area contributed by atoms with Crippen LogP contribution in [0.25, 0.3) is 0 Å². The fourth-order valence-electron chi connectivity index (χ4n) is 2.41. The van der Waals surface area contributed by atoms with Crippen LogP contribution >= 0.6 is 22.6 Å². The second-order valence-corrected chi connectivity index (χ2v) is 4.74. The summed E-state index contributed by atoms with van der Waals surface area (Å²) in [6.07, 6.45) is 6.06. The molecule has 0 saturated heterocycles. The lowest BCUT2D eigenvalue weighted by Crippen LogP contribution is -1.94. The van der Waals surface area contributed by atoms with Gasteiger partial charge in [-0.25, -0.2) is 0 Å². The lowest BCUT2D eigenvalue weighted by molar-refractivity contribution is 0.803. The number of hydrogen-bond acceptors (Lipinski definition) is 0. The van der Waals surface area contributed by atoms with E-state index in [9.17, 15) is 0 Å². The molecule has 2 atom stereocenters. The van der Waals surface area contributed by atoms with E-state index in [1.54, 1.807) is 11.1 Å². The smallest absolute Gasteiger partial charge is 0.0171 e. The lowest BCUT2D eigenvalue weighted by atomic mass is 9.97. The van der Waals surface area contributed by atoms with Gasteiger partial charge in [0.1, 0.15) is 0 Å². The lowest BCUT2D eigenvalue weighted by Gasteiger charge is -2.11. The van der Waals surface area contributed by atoms with Crippen LogP contribution in [0, 0.1) is 3.57 Å². The third-order valence-electron chi connectivity index (χ3n) is 2.94. The summed E-state index contributed by atoms with van der Waals surface area (Å²) < 4.78 is 1.45. The molecule has 2 aliphatic carbocycles. The van der Waals surface area contributed by atoms with Crippen molar-refractivity contribution in [2.75, 3.05) is 0 Å². The summed E-state index contributed by atoms with van der Waals surface area (Å²) in [6.45, 7) is 0. The van der Waals surface area contributed by atoms with Gasteiger partial charge in [-0.15, -0.1) is 0 Å². The molecule has 0 spiro atoms. The summed E-state index contributed by atoms with van der Waals surface area (Å²) in [5, 5.41) is 0. The molecule has 0 nitrogen and oxygen atoms in total. The maximum Gasteiger partial charge on any atom is 0.0171 e. The molecule has 0 amide bonds. The maximum atomic E-state index is 2.45. The Morgan fingerprint density at radius 3 is 2.83 bits per heavy atom. The molecule has 12 heavy (non-hydrogen) atoms. The molecule has 2 unspecified atom stereocenters. The molecule has 0 radical (unpaired) electrons. The van der Waals surface area contributed by atoms with Crippen LogP contribution in [-0.2, 0) is 0 Å². The van der Waals surface area contributed by atoms with Crippen LogP contribution < -0.4 is 0 Å². The number of fused-ring (bicyclic) bond motifs is 5. The van der Waals surface area contributed by atoms with Gasteiger partial charge in [-0.05, 0) is 46.2 Å². The van der Waals surface area contributed by atoms with Crippen molar-refractivity contribution in [2.24, 2.45) is 0 Å². The van der Waals surface area contributed by atoms with E-state index in [4.69, 9.17) is 0 Å². The quantitative estimate of drug-likeness (QED) is 0.499. The van der Waals surface area contributed by atoms with Crippen LogP contribution in [-0.4, -0.2) is 0 Å². The molecule has 0 N–H and O–H groups in total. The highest BCUT2D eigenvalue weighted by molar-refractivity contribution is 14.1. The van der Waals surface area contributed by atoms with Crippen LogP contribution in [0.2, 0.25) is 0 Å². The first kappa shape index (κ1) is 7.13. The Hall–Kier alpha value is -0.310. The van der Waals surface area contributed by atoms with E-state index in [2.05, 4.69) is 52.9 Å².